The van der Waals surface area contributed by atoms with Crippen molar-refractivity contribution >= 4 is 22.6 Å². The molecule has 146 valence electrons. The number of rotatable bonds is 5. The molecule has 1 aliphatic carbocycles. The summed E-state index contributed by atoms with van der Waals surface area (Å²) in [6, 6.07) is 8.33. The third-order valence-corrected chi connectivity index (χ3v) is 5.48. The zero-order valence-electron chi connectivity index (χ0n) is 17.3. The fraction of sp³-hybridized carbons (Fsp3) is 0.435. The first-order chi connectivity index (χ1) is 13.4. The predicted molar refractivity (Wildman–Crippen MR) is 113 cm³/mol. The number of carbonyl (C=O) groups is 1. The van der Waals surface area contributed by atoms with E-state index in [0.29, 0.717) is 17.4 Å². The zero-order valence-corrected chi connectivity index (χ0v) is 17.3. The van der Waals surface area contributed by atoms with Gasteiger partial charge in [0.25, 0.3) is 5.91 Å². The van der Waals surface area contributed by atoms with Gasteiger partial charge in [0.15, 0.2) is 5.65 Å². The highest BCUT2D eigenvalue weighted by molar-refractivity contribution is 6.12. The fourth-order valence-electron chi connectivity index (χ4n) is 3.71. The van der Waals surface area contributed by atoms with Gasteiger partial charge in [0.1, 0.15) is 0 Å². The average Bonchev–Trinajstić information content (AvgIpc) is 3.41. The van der Waals surface area contributed by atoms with E-state index in [-0.39, 0.29) is 11.9 Å². The van der Waals surface area contributed by atoms with Crippen molar-refractivity contribution in [1.82, 2.24) is 14.8 Å². The molecule has 0 unspecified atom stereocenters. The van der Waals surface area contributed by atoms with Crippen molar-refractivity contribution in [2.24, 2.45) is 0 Å². The Morgan fingerprint density at radius 1 is 1.21 bits per heavy atom. The second kappa shape index (κ2) is 7.04. The van der Waals surface area contributed by atoms with Gasteiger partial charge in [-0.25, -0.2) is 9.67 Å². The molecule has 1 aliphatic rings. The molecule has 0 bridgehead atoms. The lowest BCUT2D eigenvalue weighted by atomic mass is 9.98. The van der Waals surface area contributed by atoms with Crippen molar-refractivity contribution in [1.29, 1.82) is 0 Å². The van der Waals surface area contributed by atoms with Crippen molar-refractivity contribution in [3.63, 3.8) is 0 Å². The van der Waals surface area contributed by atoms with Gasteiger partial charge in [-0.3, -0.25) is 4.79 Å². The van der Waals surface area contributed by atoms with Gasteiger partial charge >= 0.3 is 0 Å². The van der Waals surface area contributed by atoms with Gasteiger partial charge in [-0.1, -0.05) is 32.0 Å². The van der Waals surface area contributed by atoms with Crippen LogP contribution in [-0.2, 0) is 0 Å². The van der Waals surface area contributed by atoms with E-state index in [2.05, 4.69) is 44.2 Å². The number of benzene rings is 1. The second-order valence-corrected chi connectivity index (χ2v) is 8.44. The van der Waals surface area contributed by atoms with Gasteiger partial charge in [0.05, 0.1) is 17.1 Å². The van der Waals surface area contributed by atoms with Crippen LogP contribution in [0, 0.1) is 6.92 Å². The van der Waals surface area contributed by atoms with Crippen LogP contribution in [0.4, 0.5) is 5.69 Å². The summed E-state index contributed by atoms with van der Waals surface area (Å²) in [6.07, 6.45) is 4.06. The van der Waals surface area contributed by atoms with Crippen LogP contribution in [-0.4, -0.2) is 20.7 Å². The number of amides is 1. The number of hydrogen-bond acceptors (Lipinski definition) is 3. The fourth-order valence-corrected chi connectivity index (χ4v) is 3.71. The molecule has 1 saturated carbocycles. The minimum absolute atomic E-state index is 0.0891. The van der Waals surface area contributed by atoms with Gasteiger partial charge in [0, 0.05) is 23.3 Å². The Hall–Kier alpha value is -2.69. The largest absolute Gasteiger partial charge is 0.321 e. The summed E-state index contributed by atoms with van der Waals surface area (Å²) >= 11 is 0. The second-order valence-electron chi connectivity index (χ2n) is 8.44. The molecular weight excluding hydrogens is 348 g/mol. The van der Waals surface area contributed by atoms with Crippen LogP contribution in [0.25, 0.3) is 11.0 Å². The van der Waals surface area contributed by atoms with Gasteiger partial charge in [0.2, 0.25) is 0 Å². The van der Waals surface area contributed by atoms with E-state index < -0.39 is 0 Å². The molecule has 1 aromatic carbocycles. The molecule has 2 aromatic heterocycles. The lowest BCUT2D eigenvalue weighted by Crippen LogP contribution is -2.16. The normalized spacial score (nSPS) is 14.2. The smallest absolute Gasteiger partial charge is 0.256 e. The number of nitrogens with zero attached hydrogens (tertiary/aromatic N) is 3. The first-order valence-electron chi connectivity index (χ1n) is 10.2. The highest BCUT2D eigenvalue weighted by Gasteiger charge is 2.28. The molecular formula is C23H28N4O. The number of anilines is 1. The van der Waals surface area contributed by atoms with Crippen LogP contribution in [0.5, 0.6) is 0 Å². The Labute approximate surface area is 166 Å². The first kappa shape index (κ1) is 18.7. The molecule has 0 radical (unpaired) electrons. The molecule has 1 N–H and O–H groups in total. The number of fused-ring (bicyclic) bond motifs is 1. The van der Waals surface area contributed by atoms with E-state index in [1.54, 1.807) is 6.20 Å². The van der Waals surface area contributed by atoms with Gasteiger partial charge in [-0.2, -0.15) is 5.10 Å². The summed E-state index contributed by atoms with van der Waals surface area (Å²) in [5, 5.41) is 8.51. The number of pyridine rings is 1. The topological polar surface area (TPSA) is 59.8 Å². The standard InChI is InChI=1S/C23H28N4O/c1-13(2)17-8-6-7-15(5)21(17)26-23(28)18-11-20(16-9-10-16)25-22-19(18)12-24-27(22)14(3)4/h6-8,11-14,16H,9-10H2,1-5H3,(H,26,28). The Morgan fingerprint density at radius 3 is 2.61 bits per heavy atom. The molecule has 4 rings (SSSR count). The highest BCUT2D eigenvalue weighted by Crippen LogP contribution is 2.40. The lowest BCUT2D eigenvalue weighted by molar-refractivity contribution is 0.102. The maximum absolute atomic E-state index is 13.4. The van der Waals surface area contributed by atoms with E-state index in [1.165, 1.54) is 0 Å². The molecule has 0 aliphatic heterocycles. The van der Waals surface area contributed by atoms with Crippen LogP contribution in [0.3, 0.4) is 0 Å². The van der Waals surface area contributed by atoms with Crippen LogP contribution in [0.2, 0.25) is 0 Å². The van der Waals surface area contributed by atoms with E-state index in [0.717, 1.165) is 46.4 Å². The molecule has 28 heavy (non-hydrogen) atoms. The van der Waals surface area contributed by atoms with Gasteiger partial charge in [-0.05, 0) is 56.7 Å². The van der Waals surface area contributed by atoms with Crippen molar-refractivity contribution in [2.75, 3.05) is 5.32 Å². The SMILES string of the molecule is Cc1cccc(C(C)C)c1NC(=O)c1cc(C2CC2)nc2c1cnn2C(C)C. The van der Waals surface area contributed by atoms with Crippen LogP contribution >= 0.6 is 0 Å². The minimum atomic E-state index is -0.0891. The summed E-state index contributed by atoms with van der Waals surface area (Å²) in [6.45, 7) is 10.5. The number of aryl methyl sites for hydroxylation is 1. The highest BCUT2D eigenvalue weighted by atomic mass is 16.1. The molecule has 5 nitrogen and oxygen atoms in total. The van der Waals surface area contributed by atoms with Gasteiger partial charge < -0.3 is 5.32 Å². The third kappa shape index (κ3) is 3.30. The minimum Gasteiger partial charge on any atom is -0.321 e. The molecule has 2 heterocycles. The number of para-hydroxylation sites is 1. The average molecular weight is 377 g/mol. The maximum atomic E-state index is 13.4. The predicted octanol–water partition coefficient (Wildman–Crippen LogP) is 5.57. The summed E-state index contributed by atoms with van der Waals surface area (Å²) in [5.41, 5.74) is 5.62. The molecule has 0 atom stereocenters. The van der Waals surface area contributed by atoms with Crippen molar-refractivity contribution in [2.45, 2.75) is 65.3 Å². The monoisotopic (exact) mass is 376 g/mol. The lowest BCUT2D eigenvalue weighted by Gasteiger charge is -2.17. The molecule has 5 heteroatoms. The number of aromatic nitrogens is 3. The maximum Gasteiger partial charge on any atom is 0.256 e. The zero-order chi connectivity index (χ0) is 20.0. The van der Waals surface area contributed by atoms with E-state index in [4.69, 9.17) is 4.98 Å². The van der Waals surface area contributed by atoms with Crippen molar-refractivity contribution < 1.29 is 4.79 Å². The first-order valence-corrected chi connectivity index (χ1v) is 10.2. The van der Waals surface area contributed by atoms with Crippen LogP contribution in [0.15, 0.2) is 30.5 Å². The summed E-state index contributed by atoms with van der Waals surface area (Å²) < 4.78 is 1.91. The Balaban J connectivity index is 1.80. The molecule has 0 spiro atoms. The van der Waals surface area contributed by atoms with Crippen molar-refractivity contribution in [3.8, 4) is 0 Å². The number of hydrogen-bond donors (Lipinski definition) is 1. The third-order valence-electron chi connectivity index (χ3n) is 5.48. The number of carbonyl (C=O) groups excluding carboxylic acids is 1. The number of nitrogens with one attached hydrogen (secondary N) is 1. The van der Waals surface area contributed by atoms with E-state index in [9.17, 15) is 4.79 Å². The van der Waals surface area contributed by atoms with Crippen molar-refractivity contribution in [3.05, 3.63) is 52.8 Å². The molecule has 1 amide bonds. The molecule has 1 fully saturated rings. The van der Waals surface area contributed by atoms with Crippen LogP contribution in [0.1, 0.15) is 85.6 Å². The van der Waals surface area contributed by atoms with E-state index >= 15 is 0 Å². The van der Waals surface area contributed by atoms with Gasteiger partial charge in [-0.15, -0.1) is 0 Å². The Morgan fingerprint density at radius 2 is 1.96 bits per heavy atom. The van der Waals surface area contributed by atoms with Crippen LogP contribution < -0.4 is 5.32 Å². The van der Waals surface area contributed by atoms with E-state index in [1.807, 2.05) is 29.8 Å². The molecule has 3 aromatic rings. The summed E-state index contributed by atoms with van der Waals surface area (Å²) in [5.74, 6) is 0.711. The quantitative estimate of drug-likeness (QED) is 0.633. The Bertz CT molecular complexity index is 1040. The summed E-state index contributed by atoms with van der Waals surface area (Å²) in [7, 11) is 0. The Kier molecular flexibility index (Phi) is 4.69. The molecule has 0 saturated heterocycles. The summed E-state index contributed by atoms with van der Waals surface area (Å²) in [4.78, 5) is 18.2.